The third-order valence-electron chi connectivity index (χ3n) is 3.48. The summed E-state index contributed by atoms with van der Waals surface area (Å²) >= 11 is 0. The van der Waals surface area contributed by atoms with Gasteiger partial charge in [-0.25, -0.2) is 0 Å². The standard InChI is InChI=1S/C13H23N3O/c1-3-15-5-7-16(8-6-15)11-12-4-9-17-13(12)10-14-2/h4,9,14H,3,5-8,10-11H2,1-2H3. The van der Waals surface area contributed by atoms with Crippen molar-refractivity contribution in [3.8, 4) is 0 Å². The minimum Gasteiger partial charge on any atom is -0.468 e. The molecule has 1 saturated heterocycles. The highest BCUT2D eigenvalue weighted by atomic mass is 16.3. The Hall–Kier alpha value is -0.840. The van der Waals surface area contributed by atoms with Gasteiger partial charge in [0.1, 0.15) is 5.76 Å². The van der Waals surface area contributed by atoms with E-state index in [2.05, 4.69) is 28.1 Å². The number of nitrogens with zero attached hydrogens (tertiary/aromatic N) is 2. The second kappa shape index (κ2) is 6.19. The van der Waals surface area contributed by atoms with Crippen LogP contribution in [0.15, 0.2) is 16.7 Å². The molecule has 0 unspecified atom stereocenters. The second-order valence-electron chi connectivity index (χ2n) is 4.61. The topological polar surface area (TPSA) is 31.6 Å². The van der Waals surface area contributed by atoms with Crippen LogP contribution in [-0.2, 0) is 13.1 Å². The number of hydrogen-bond acceptors (Lipinski definition) is 4. The van der Waals surface area contributed by atoms with Gasteiger partial charge in [-0.2, -0.15) is 0 Å². The van der Waals surface area contributed by atoms with Crippen LogP contribution in [0.1, 0.15) is 18.2 Å². The molecule has 0 saturated carbocycles. The van der Waals surface area contributed by atoms with Crippen LogP contribution in [0.3, 0.4) is 0 Å². The van der Waals surface area contributed by atoms with Crippen molar-refractivity contribution in [1.29, 1.82) is 0 Å². The summed E-state index contributed by atoms with van der Waals surface area (Å²) in [6, 6.07) is 2.10. The fraction of sp³-hybridized carbons (Fsp3) is 0.692. The van der Waals surface area contributed by atoms with Gasteiger partial charge in [0.25, 0.3) is 0 Å². The van der Waals surface area contributed by atoms with Crippen LogP contribution in [0, 0.1) is 0 Å². The molecule has 0 amide bonds. The van der Waals surface area contributed by atoms with E-state index in [4.69, 9.17) is 4.42 Å². The first kappa shape index (κ1) is 12.6. The molecule has 0 bridgehead atoms. The average Bonchev–Trinajstić information content (AvgIpc) is 2.78. The lowest BCUT2D eigenvalue weighted by atomic mass is 10.2. The molecule has 0 atom stereocenters. The van der Waals surface area contributed by atoms with E-state index in [1.165, 1.54) is 25.2 Å². The van der Waals surface area contributed by atoms with Gasteiger partial charge >= 0.3 is 0 Å². The molecule has 2 rings (SSSR count). The molecular weight excluding hydrogens is 214 g/mol. The average molecular weight is 237 g/mol. The van der Waals surface area contributed by atoms with Crippen molar-refractivity contribution in [3.63, 3.8) is 0 Å². The minimum atomic E-state index is 0.817. The Morgan fingerprint density at radius 1 is 1.24 bits per heavy atom. The molecule has 1 fully saturated rings. The zero-order valence-corrected chi connectivity index (χ0v) is 10.9. The van der Waals surface area contributed by atoms with Gasteiger partial charge in [-0.3, -0.25) is 4.90 Å². The number of rotatable bonds is 5. The summed E-state index contributed by atoms with van der Waals surface area (Å²) in [5, 5.41) is 3.14. The number of hydrogen-bond donors (Lipinski definition) is 1. The fourth-order valence-corrected chi connectivity index (χ4v) is 2.33. The van der Waals surface area contributed by atoms with Crippen LogP contribution >= 0.6 is 0 Å². The first-order chi connectivity index (χ1) is 8.33. The molecule has 1 aliphatic rings. The largest absolute Gasteiger partial charge is 0.468 e. The Morgan fingerprint density at radius 2 is 1.94 bits per heavy atom. The number of furan rings is 1. The molecule has 0 radical (unpaired) electrons. The SMILES string of the molecule is CCN1CCN(Cc2ccoc2CNC)CC1. The fourth-order valence-electron chi connectivity index (χ4n) is 2.33. The lowest BCUT2D eigenvalue weighted by Gasteiger charge is -2.33. The van der Waals surface area contributed by atoms with Crippen LogP contribution in [0.2, 0.25) is 0 Å². The first-order valence-corrected chi connectivity index (χ1v) is 6.48. The maximum Gasteiger partial charge on any atom is 0.122 e. The van der Waals surface area contributed by atoms with Gasteiger partial charge in [-0.05, 0) is 19.7 Å². The van der Waals surface area contributed by atoms with E-state index in [1.807, 2.05) is 7.05 Å². The quantitative estimate of drug-likeness (QED) is 0.832. The molecule has 1 N–H and O–H groups in total. The molecular formula is C13H23N3O. The highest BCUT2D eigenvalue weighted by molar-refractivity contribution is 5.16. The minimum absolute atomic E-state index is 0.817. The third kappa shape index (κ3) is 3.31. The molecule has 4 heteroatoms. The highest BCUT2D eigenvalue weighted by Crippen LogP contribution is 2.14. The van der Waals surface area contributed by atoms with Gasteiger partial charge in [0.15, 0.2) is 0 Å². The summed E-state index contributed by atoms with van der Waals surface area (Å²) in [5.41, 5.74) is 1.32. The Kier molecular flexibility index (Phi) is 4.59. The van der Waals surface area contributed by atoms with Gasteiger partial charge in [-0.15, -0.1) is 0 Å². The molecule has 2 heterocycles. The van der Waals surface area contributed by atoms with E-state index in [9.17, 15) is 0 Å². The van der Waals surface area contributed by atoms with Crippen LogP contribution < -0.4 is 5.32 Å². The third-order valence-corrected chi connectivity index (χ3v) is 3.48. The smallest absolute Gasteiger partial charge is 0.122 e. The Morgan fingerprint density at radius 3 is 2.59 bits per heavy atom. The van der Waals surface area contributed by atoms with Gasteiger partial charge in [0.05, 0.1) is 12.8 Å². The lowest BCUT2D eigenvalue weighted by molar-refractivity contribution is 0.131. The predicted octanol–water partition coefficient (Wildman–Crippen LogP) is 1.14. The number of likely N-dealkylation sites (N-methyl/N-ethyl adjacent to an activating group) is 1. The summed E-state index contributed by atoms with van der Waals surface area (Å²) < 4.78 is 5.49. The summed E-state index contributed by atoms with van der Waals surface area (Å²) in [5.74, 6) is 1.07. The normalized spacial score (nSPS) is 18.7. The monoisotopic (exact) mass is 237 g/mol. The van der Waals surface area contributed by atoms with Crippen molar-refractivity contribution in [2.75, 3.05) is 39.8 Å². The van der Waals surface area contributed by atoms with Crippen LogP contribution in [0.5, 0.6) is 0 Å². The van der Waals surface area contributed by atoms with Crippen LogP contribution in [0.25, 0.3) is 0 Å². The van der Waals surface area contributed by atoms with Crippen molar-refractivity contribution in [2.45, 2.75) is 20.0 Å². The van der Waals surface area contributed by atoms with Crippen LogP contribution in [0.4, 0.5) is 0 Å². The van der Waals surface area contributed by atoms with Gasteiger partial charge < -0.3 is 14.6 Å². The summed E-state index contributed by atoms with van der Waals surface area (Å²) in [6.07, 6.45) is 1.80. The molecule has 0 spiro atoms. The molecule has 0 aromatic carbocycles. The van der Waals surface area contributed by atoms with Gasteiger partial charge in [0, 0.05) is 38.3 Å². The van der Waals surface area contributed by atoms with Crippen LogP contribution in [-0.4, -0.2) is 49.6 Å². The van der Waals surface area contributed by atoms with E-state index >= 15 is 0 Å². The maximum atomic E-state index is 5.49. The van der Waals surface area contributed by atoms with Gasteiger partial charge in [-0.1, -0.05) is 6.92 Å². The summed E-state index contributed by atoms with van der Waals surface area (Å²) in [4.78, 5) is 5.01. The molecule has 0 aliphatic carbocycles. The van der Waals surface area contributed by atoms with Crippen molar-refractivity contribution in [2.24, 2.45) is 0 Å². The molecule has 96 valence electrons. The van der Waals surface area contributed by atoms with E-state index in [1.54, 1.807) is 6.26 Å². The summed E-state index contributed by atoms with van der Waals surface area (Å²) in [6.45, 7) is 9.95. The molecule has 1 aromatic heterocycles. The zero-order chi connectivity index (χ0) is 12.1. The second-order valence-corrected chi connectivity index (χ2v) is 4.61. The maximum absolute atomic E-state index is 5.49. The number of piperazine rings is 1. The van der Waals surface area contributed by atoms with E-state index in [0.717, 1.165) is 31.9 Å². The van der Waals surface area contributed by atoms with E-state index in [0.29, 0.717) is 0 Å². The van der Waals surface area contributed by atoms with Crippen molar-refractivity contribution in [1.82, 2.24) is 15.1 Å². The van der Waals surface area contributed by atoms with E-state index in [-0.39, 0.29) is 0 Å². The van der Waals surface area contributed by atoms with Crippen molar-refractivity contribution in [3.05, 3.63) is 23.7 Å². The molecule has 4 nitrogen and oxygen atoms in total. The Balaban J connectivity index is 1.86. The molecule has 1 aromatic rings. The van der Waals surface area contributed by atoms with Crippen molar-refractivity contribution >= 4 is 0 Å². The molecule has 17 heavy (non-hydrogen) atoms. The molecule has 1 aliphatic heterocycles. The van der Waals surface area contributed by atoms with E-state index < -0.39 is 0 Å². The van der Waals surface area contributed by atoms with Gasteiger partial charge in [0.2, 0.25) is 0 Å². The summed E-state index contributed by atoms with van der Waals surface area (Å²) in [7, 11) is 1.95. The highest BCUT2D eigenvalue weighted by Gasteiger charge is 2.17. The number of nitrogens with one attached hydrogen (secondary N) is 1. The lowest BCUT2D eigenvalue weighted by Crippen LogP contribution is -2.45. The first-order valence-electron chi connectivity index (χ1n) is 6.48. The predicted molar refractivity (Wildman–Crippen MR) is 68.9 cm³/mol. The Labute approximate surface area is 104 Å². The zero-order valence-electron chi connectivity index (χ0n) is 10.9. The van der Waals surface area contributed by atoms with Crippen molar-refractivity contribution < 1.29 is 4.42 Å². The Bertz CT molecular complexity index is 329.